The van der Waals surface area contributed by atoms with E-state index in [2.05, 4.69) is 30.6 Å². The second-order valence-corrected chi connectivity index (χ2v) is 4.55. The fraction of sp³-hybridized carbons (Fsp3) is 0.364. The molecule has 1 fully saturated rings. The summed E-state index contributed by atoms with van der Waals surface area (Å²) in [6, 6.07) is 6.24. The van der Waals surface area contributed by atoms with E-state index in [1.807, 2.05) is 24.4 Å². The van der Waals surface area contributed by atoms with Gasteiger partial charge in [0.2, 0.25) is 0 Å². The highest BCUT2D eigenvalue weighted by atomic mass is 79.9. The summed E-state index contributed by atoms with van der Waals surface area (Å²) in [7, 11) is 0. The van der Waals surface area contributed by atoms with Crippen molar-refractivity contribution in [3.05, 3.63) is 34.8 Å². The van der Waals surface area contributed by atoms with Crippen LogP contribution in [0.3, 0.4) is 0 Å². The van der Waals surface area contributed by atoms with Crippen LogP contribution in [0.1, 0.15) is 11.9 Å². The maximum atomic E-state index is 5.46. The summed E-state index contributed by atoms with van der Waals surface area (Å²) in [5.41, 5.74) is 1.09. The van der Waals surface area contributed by atoms with Crippen LogP contribution in [0, 0.1) is 0 Å². The van der Waals surface area contributed by atoms with Gasteiger partial charge in [-0.1, -0.05) is 6.07 Å². The van der Waals surface area contributed by atoms with Gasteiger partial charge in [-0.2, -0.15) is 0 Å². The Balaban J connectivity index is 2.08. The van der Waals surface area contributed by atoms with Crippen LogP contribution in [-0.4, -0.2) is 29.1 Å². The van der Waals surface area contributed by atoms with Gasteiger partial charge in [0.1, 0.15) is 10.4 Å². The number of morpholine rings is 1. The fourth-order valence-corrected chi connectivity index (χ4v) is 2.50. The van der Waals surface area contributed by atoms with E-state index in [9.17, 15) is 0 Å². The summed E-state index contributed by atoms with van der Waals surface area (Å²) >= 11 is 3.48. The van der Waals surface area contributed by atoms with Gasteiger partial charge >= 0.3 is 0 Å². The number of ether oxygens (including phenoxy) is 1. The summed E-state index contributed by atoms with van der Waals surface area (Å²) < 4.78 is 8.44. The standard InChI is InChI=1S/C11H12BrN3O/c12-10-9-3-1-2-5-15(9)11(14-10)8-7-16-6-4-13-8/h1-3,5,8,13H,4,6-7H2. The Morgan fingerprint density at radius 2 is 2.44 bits per heavy atom. The predicted molar refractivity (Wildman–Crippen MR) is 64.5 cm³/mol. The van der Waals surface area contributed by atoms with Crippen molar-refractivity contribution >= 4 is 21.4 Å². The Morgan fingerprint density at radius 3 is 3.25 bits per heavy atom. The number of imidazole rings is 1. The molecule has 2 aromatic heterocycles. The Kier molecular flexibility index (Phi) is 2.67. The lowest BCUT2D eigenvalue weighted by Crippen LogP contribution is -2.35. The highest BCUT2D eigenvalue weighted by Crippen LogP contribution is 2.23. The third-order valence-electron chi connectivity index (χ3n) is 2.76. The molecule has 0 aliphatic carbocycles. The van der Waals surface area contributed by atoms with Gasteiger partial charge in [-0.05, 0) is 28.1 Å². The van der Waals surface area contributed by atoms with Crippen molar-refractivity contribution in [2.75, 3.05) is 19.8 Å². The van der Waals surface area contributed by atoms with Crippen molar-refractivity contribution in [1.29, 1.82) is 0 Å². The van der Waals surface area contributed by atoms with Crippen molar-refractivity contribution in [3.8, 4) is 0 Å². The molecule has 84 valence electrons. The van der Waals surface area contributed by atoms with Crippen LogP contribution in [-0.2, 0) is 4.74 Å². The average Bonchev–Trinajstić information content (AvgIpc) is 2.69. The van der Waals surface area contributed by atoms with Gasteiger partial charge in [0, 0.05) is 12.7 Å². The lowest BCUT2D eigenvalue weighted by atomic mass is 10.2. The molecule has 0 amide bonds. The Labute approximate surface area is 102 Å². The molecular weight excluding hydrogens is 270 g/mol. The van der Waals surface area contributed by atoms with Crippen LogP contribution >= 0.6 is 15.9 Å². The van der Waals surface area contributed by atoms with Crippen LogP contribution in [0.15, 0.2) is 29.0 Å². The number of hydrogen-bond acceptors (Lipinski definition) is 3. The average molecular weight is 282 g/mol. The lowest BCUT2D eigenvalue weighted by molar-refractivity contribution is 0.0740. The zero-order chi connectivity index (χ0) is 11.0. The molecule has 3 rings (SSSR count). The molecule has 3 heterocycles. The maximum Gasteiger partial charge on any atom is 0.134 e. The predicted octanol–water partition coefficient (Wildman–Crippen LogP) is 1.76. The normalized spacial score (nSPS) is 21.4. The van der Waals surface area contributed by atoms with E-state index in [4.69, 9.17) is 4.74 Å². The van der Waals surface area contributed by atoms with Crippen molar-refractivity contribution < 1.29 is 4.74 Å². The molecule has 1 atom stereocenters. The van der Waals surface area contributed by atoms with Crippen LogP contribution in [0.25, 0.3) is 5.52 Å². The van der Waals surface area contributed by atoms with Crippen molar-refractivity contribution in [2.45, 2.75) is 6.04 Å². The van der Waals surface area contributed by atoms with Crippen molar-refractivity contribution in [1.82, 2.24) is 14.7 Å². The number of hydrogen-bond donors (Lipinski definition) is 1. The Morgan fingerprint density at radius 1 is 1.50 bits per heavy atom. The van der Waals surface area contributed by atoms with E-state index in [-0.39, 0.29) is 6.04 Å². The topological polar surface area (TPSA) is 38.6 Å². The summed E-state index contributed by atoms with van der Waals surface area (Å²) in [6.45, 7) is 2.34. The fourth-order valence-electron chi connectivity index (χ4n) is 2.00. The quantitative estimate of drug-likeness (QED) is 0.866. The summed E-state index contributed by atoms with van der Waals surface area (Å²) in [5.74, 6) is 1.00. The van der Waals surface area contributed by atoms with E-state index in [0.717, 1.165) is 29.1 Å². The van der Waals surface area contributed by atoms with Crippen LogP contribution < -0.4 is 5.32 Å². The first-order valence-corrected chi connectivity index (χ1v) is 6.09. The summed E-state index contributed by atoms with van der Waals surface area (Å²) in [5, 5.41) is 3.41. The molecule has 2 aromatic rings. The maximum absolute atomic E-state index is 5.46. The van der Waals surface area contributed by atoms with Gasteiger partial charge in [0.25, 0.3) is 0 Å². The van der Waals surface area contributed by atoms with Gasteiger partial charge in [-0.25, -0.2) is 4.98 Å². The number of nitrogens with one attached hydrogen (secondary N) is 1. The minimum Gasteiger partial charge on any atom is -0.378 e. The molecule has 0 spiro atoms. The monoisotopic (exact) mass is 281 g/mol. The number of nitrogens with zero attached hydrogens (tertiary/aromatic N) is 2. The Hall–Kier alpha value is -0.910. The van der Waals surface area contributed by atoms with Crippen molar-refractivity contribution in [3.63, 3.8) is 0 Å². The van der Waals surface area contributed by atoms with E-state index in [1.54, 1.807) is 0 Å². The zero-order valence-corrected chi connectivity index (χ0v) is 10.3. The third kappa shape index (κ3) is 1.65. The van der Waals surface area contributed by atoms with Crippen molar-refractivity contribution in [2.24, 2.45) is 0 Å². The zero-order valence-electron chi connectivity index (χ0n) is 8.69. The first-order valence-electron chi connectivity index (χ1n) is 5.30. The van der Waals surface area contributed by atoms with Crippen LogP contribution in [0.5, 0.6) is 0 Å². The molecule has 16 heavy (non-hydrogen) atoms. The van der Waals surface area contributed by atoms with E-state index >= 15 is 0 Å². The highest BCUT2D eigenvalue weighted by Gasteiger charge is 2.21. The number of halogens is 1. The van der Waals surface area contributed by atoms with E-state index in [1.165, 1.54) is 0 Å². The van der Waals surface area contributed by atoms with Gasteiger partial charge in [-0.15, -0.1) is 0 Å². The summed E-state index contributed by atoms with van der Waals surface area (Å²) in [6.07, 6.45) is 2.03. The minimum absolute atomic E-state index is 0.176. The largest absolute Gasteiger partial charge is 0.378 e. The van der Waals surface area contributed by atoms with Gasteiger partial charge in [0.05, 0.1) is 24.8 Å². The van der Waals surface area contributed by atoms with Gasteiger partial charge < -0.3 is 14.5 Å². The highest BCUT2D eigenvalue weighted by molar-refractivity contribution is 9.10. The molecule has 1 aliphatic rings. The molecule has 0 saturated carbocycles. The second-order valence-electron chi connectivity index (χ2n) is 3.80. The first kappa shape index (κ1) is 10.3. The molecule has 5 heteroatoms. The number of fused-ring (bicyclic) bond motifs is 1. The lowest BCUT2D eigenvalue weighted by Gasteiger charge is -2.22. The molecule has 0 aromatic carbocycles. The van der Waals surface area contributed by atoms with Crippen LogP contribution in [0.4, 0.5) is 0 Å². The van der Waals surface area contributed by atoms with E-state index < -0.39 is 0 Å². The number of aromatic nitrogens is 2. The summed E-state index contributed by atoms with van der Waals surface area (Å²) in [4.78, 5) is 4.55. The van der Waals surface area contributed by atoms with Gasteiger partial charge in [0.15, 0.2) is 0 Å². The molecular formula is C11H12BrN3O. The van der Waals surface area contributed by atoms with Gasteiger partial charge in [-0.3, -0.25) is 0 Å². The number of pyridine rings is 1. The number of rotatable bonds is 1. The minimum atomic E-state index is 0.176. The molecule has 1 saturated heterocycles. The molecule has 1 aliphatic heterocycles. The Bertz CT molecular complexity index is 505. The SMILES string of the molecule is Brc1nc(C2COCCN2)n2ccccc12. The molecule has 1 N–H and O–H groups in total. The molecule has 0 bridgehead atoms. The van der Waals surface area contributed by atoms with E-state index in [0.29, 0.717) is 6.61 Å². The third-order valence-corrected chi connectivity index (χ3v) is 3.35. The molecule has 4 nitrogen and oxygen atoms in total. The molecule has 1 unspecified atom stereocenters. The van der Waals surface area contributed by atoms with Crippen LogP contribution in [0.2, 0.25) is 0 Å². The molecule has 0 radical (unpaired) electrons. The second kappa shape index (κ2) is 4.16. The first-order chi connectivity index (χ1) is 7.86. The smallest absolute Gasteiger partial charge is 0.134 e.